The van der Waals surface area contributed by atoms with Crippen molar-refractivity contribution < 1.29 is 24.2 Å². The molecule has 0 saturated heterocycles. The molecule has 0 aliphatic rings. The van der Waals surface area contributed by atoms with Crippen LogP contribution in [0.1, 0.15) is 10.4 Å². The zero-order valence-corrected chi connectivity index (χ0v) is 12.0. The Kier molecular flexibility index (Phi) is 5.30. The maximum absolute atomic E-state index is 12.0. The molecule has 0 atom stereocenters. The van der Waals surface area contributed by atoms with Gasteiger partial charge in [0.25, 0.3) is 0 Å². The first kappa shape index (κ1) is 16.0. The Labute approximate surface area is 131 Å². The summed E-state index contributed by atoms with van der Waals surface area (Å²) in [6, 6.07) is 11.3. The Morgan fingerprint density at radius 1 is 1.13 bits per heavy atom. The SMILES string of the molecule is O=CNCC(=O)c1cc(Oc2ccccc2)c(NC=O)cc1O. The lowest BCUT2D eigenvalue weighted by Crippen LogP contribution is -2.21. The first-order valence-corrected chi connectivity index (χ1v) is 6.66. The van der Waals surface area contributed by atoms with Gasteiger partial charge in [0.1, 0.15) is 11.5 Å². The van der Waals surface area contributed by atoms with Gasteiger partial charge in [0.2, 0.25) is 12.8 Å². The number of nitrogens with one attached hydrogen (secondary N) is 2. The number of amides is 2. The van der Waals surface area contributed by atoms with Crippen molar-refractivity contribution in [2.45, 2.75) is 0 Å². The summed E-state index contributed by atoms with van der Waals surface area (Å²) >= 11 is 0. The molecule has 0 fully saturated rings. The summed E-state index contributed by atoms with van der Waals surface area (Å²) in [5, 5.41) is 14.6. The highest BCUT2D eigenvalue weighted by Gasteiger charge is 2.16. The van der Waals surface area contributed by atoms with E-state index in [2.05, 4.69) is 10.6 Å². The number of carbonyl (C=O) groups is 3. The smallest absolute Gasteiger partial charge is 0.211 e. The number of Topliss-reactive ketones (excluding diaryl/α,β-unsaturated/α-hetero) is 1. The Hall–Kier alpha value is -3.35. The van der Waals surface area contributed by atoms with Crippen LogP contribution in [0, 0.1) is 0 Å². The third kappa shape index (κ3) is 4.07. The predicted octanol–water partition coefficient (Wildman–Crippen LogP) is 1.68. The minimum absolute atomic E-state index is 0.0262. The molecule has 0 heterocycles. The average molecular weight is 314 g/mol. The fourth-order valence-corrected chi connectivity index (χ4v) is 1.90. The summed E-state index contributed by atoms with van der Waals surface area (Å²) in [5.41, 5.74) is 0.183. The molecule has 0 aliphatic heterocycles. The molecule has 2 amide bonds. The van der Waals surface area contributed by atoms with E-state index in [9.17, 15) is 19.5 Å². The van der Waals surface area contributed by atoms with E-state index in [1.807, 2.05) is 6.07 Å². The van der Waals surface area contributed by atoms with Gasteiger partial charge in [-0.05, 0) is 18.2 Å². The van der Waals surface area contributed by atoms with Gasteiger partial charge in [-0.1, -0.05) is 18.2 Å². The van der Waals surface area contributed by atoms with Crippen LogP contribution in [0.3, 0.4) is 0 Å². The molecule has 7 heteroatoms. The van der Waals surface area contributed by atoms with Crippen molar-refractivity contribution in [2.24, 2.45) is 0 Å². The number of hydrogen-bond donors (Lipinski definition) is 3. The number of rotatable bonds is 8. The topological polar surface area (TPSA) is 105 Å². The predicted molar refractivity (Wildman–Crippen MR) is 82.7 cm³/mol. The number of benzene rings is 2. The summed E-state index contributed by atoms with van der Waals surface area (Å²) in [4.78, 5) is 32.9. The van der Waals surface area contributed by atoms with Crippen LogP contribution in [-0.2, 0) is 9.59 Å². The van der Waals surface area contributed by atoms with Crippen molar-refractivity contribution in [1.82, 2.24) is 5.32 Å². The van der Waals surface area contributed by atoms with Crippen molar-refractivity contribution in [3.05, 3.63) is 48.0 Å². The molecule has 0 saturated carbocycles. The van der Waals surface area contributed by atoms with Crippen molar-refractivity contribution >= 4 is 24.3 Å². The van der Waals surface area contributed by atoms with Gasteiger partial charge in [0, 0.05) is 6.07 Å². The second-order valence-electron chi connectivity index (χ2n) is 4.46. The van der Waals surface area contributed by atoms with Gasteiger partial charge >= 0.3 is 0 Å². The number of phenolic OH excluding ortho intramolecular Hbond substituents is 1. The first-order valence-electron chi connectivity index (χ1n) is 6.66. The summed E-state index contributed by atoms with van der Waals surface area (Å²) in [6.07, 6.45) is 0.820. The molecule has 0 aromatic heterocycles. The highest BCUT2D eigenvalue weighted by molar-refractivity contribution is 6.02. The Morgan fingerprint density at radius 3 is 2.52 bits per heavy atom. The molecule has 2 aromatic rings. The molecular weight excluding hydrogens is 300 g/mol. The Morgan fingerprint density at radius 2 is 1.87 bits per heavy atom. The fraction of sp³-hybridized carbons (Fsp3) is 0.0625. The molecule has 0 aliphatic carbocycles. The van der Waals surface area contributed by atoms with Crippen LogP contribution in [0.4, 0.5) is 5.69 Å². The molecule has 7 nitrogen and oxygen atoms in total. The van der Waals surface area contributed by atoms with Crippen LogP contribution >= 0.6 is 0 Å². The number of ketones is 1. The summed E-state index contributed by atoms with van der Waals surface area (Å²) in [7, 11) is 0. The van der Waals surface area contributed by atoms with E-state index in [-0.39, 0.29) is 29.3 Å². The summed E-state index contributed by atoms with van der Waals surface area (Å²) in [6.45, 7) is -0.262. The molecule has 0 radical (unpaired) electrons. The van der Waals surface area contributed by atoms with Gasteiger partial charge in [-0.25, -0.2) is 0 Å². The van der Waals surface area contributed by atoms with Crippen LogP contribution in [-0.4, -0.2) is 30.3 Å². The van der Waals surface area contributed by atoms with E-state index in [0.717, 1.165) is 0 Å². The van der Waals surface area contributed by atoms with Crippen LogP contribution in [0.2, 0.25) is 0 Å². The monoisotopic (exact) mass is 314 g/mol. The normalized spacial score (nSPS) is 9.74. The first-order chi connectivity index (χ1) is 11.2. The van der Waals surface area contributed by atoms with Crippen molar-refractivity contribution in [2.75, 3.05) is 11.9 Å². The van der Waals surface area contributed by atoms with E-state index < -0.39 is 5.78 Å². The van der Waals surface area contributed by atoms with Crippen molar-refractivity contribution in [1.29, 1.82) is 0 Å². The zero-order chi connectivity index (χ0) is 16.7. The lowest BCUT2D eigenvalue weighted by atomic mass is 10.1. The molecule has 3 N–H and O–H groups in total. The van der Waals surface area contributed by atoms with Gasteiger partial charge < -0.3 is 20.5 Å². The number of hydrogen-bond acceptors (Lipinski definition) is 5. The van der Waals surface area contributed by atoms with Gasteiger partial charge in [-0.2, -0.15) is 0 Å². The van der Waals surface area contributed by atoms with Crippen LogP contribution in [0.5, 0.6) is 17.2 Å². The molecule has 23 heavy (non-hydrogen) atoms. The lowest BCUT2D eigenvalue weighted by molar-refractivity contribution is -0.109. The second-order valence-corrected chi connectivity index (χ2v) is 4.46. The van der Waals surface area contributed by atoms with Crippen molar-refractivity contribution in [3.63, 3.8) is 0 Å². The highest BCUT2D eigenvalue weighted by Crippen LogP contribution is 2.35. The zero-order valence-electron chi connectivity index (χ0n) is 12.0. The number of phenols is 1. The van der Waals surface area contributed by atoms with E-state index in [1.165, 1.54) is 12.1 Å². The average Bonchev–Trinajstić information content (AvgIpc) is 2.56. The maximum atomic E-state index is 12.0. The fourth-order valence-electron chi connectivity index (χ4n) is 1.90. The molecular formula is C16H14N2O5. The lowest BCUT2D eigenvalue weighted by Gasteiger charge is -2.13. The molecule has 2 aromatic carbocycles. The molecule has 0 bridgehead atoms. The van der Waals surface area contributed by atoms with Gasteiger partial charge in [0.15, 0.2) is 11.5 Å². The van der Waals surface area contributed by atoms with Gasteiger partial charge in [-0.3, -0.25) is 14.4 Å². The Balaban J connectivity index is 2.38. The van der Waals surface area contributed by atoms with Crippen LogP contribution in [0.15, 0.2) is 42.5 Å². The van der Waals surface area contributed by atoms with Gasteiger partial charge in [-0.15, -0.1) is 0 Å². The summed E-state index contributed by atoms with van der Waals surface area (Å²) in [5.74, 6) is -0.135. The minimum atomic E-state index is -0.495. The summed E-state index contributed by atoms with van der Waals surface area (Å²) < 4.78 is 5.64. The van der Waals surface area contributed by atoms with E-state index in [1.54, 1.807) is 24.3 Å². The van der Waals surface area contributed by atoms with E-state index in [4.69, 9.17) is 4.74 Å². The molecule has 2 rings (SSSR count). The third-order valence-corrected chi connectivity index (χ3v) is 2.93. The number of ether oxygens (including phenoxy) is 1. The third-order valence-electron chi connectivity index (χ3n) is 2.93. The maximum Gasteiger partial charge on any atom is 0.211 e. The van der Waals surface area contributed by atoms with E-state index in [0.29, 0.717) is 18.6 Å². The largest absolute Gasteiger partial charge is 0.507 e. The number of para-hydroxylation sites is 1. The number of carbonyl (C=O) groups excluding carboxylic acids is 3. The van der Waals surface area contributed by atoms with Crippen LogP contribution < -0.4 is 15.4 Å². The Bertz CT molecular complexity index is 716. The highest BCUT2D eigenvalue weighted by atomic mass is 16.5. The molecule has 0 spiro atoms. The molecule has 0 unspecified atom stereocenters. The number of anilines is 1. The number of aromatic hydroxyl groups is 1. The minimum Gasteiger partial charge on any atom is -0.507 e. The quantitative estimate of drug-likeness (QED) is 0.508. The van der Waals surface area contributed by atoms with Gasteiger partial charge in [0.05, 0.1) is 17.8 Å². The second kappa shape index (κ2) is 7.60. The van der Waals surface area contributed by atoms with E-state index >= 15 is 0 Å². The van der Waals surface area contributed by atoms with Crippen LogP contribution in [0.25, 0.3) is 0 Å². The standard InChI is InChI=1S/C16H14N2O5/c19-9-17-8-15(22)12-6-16(13(18-10-20)7-14(12)21)23-11-4-2-1-3-5-11/h1-7,9-10,21H,8H2,(H,17,19)(H,18,20). The molecule has 118 valence electrons. The van der Waals surface area contributed by atoms with Crippen molar-refractivity contribution in [3.8, 4) is 17.2 Å².